The SMILES string of the molecule is CCOC(=O)c1[nH]c2c(c1-c1ccc(Br)cc1)CCCC2. The van der Waals surface area contributed by atoms with Crippen molar-refractivity contribution in [2.24, 2.45) is 0 Å². The van der Waals surface area contributed by atoms with Gasteiger partial charge in [0.1, 0.15) is 5.69 Å². The number of hydrogen-bond acceptors (Lipinski definition) is 2. The van der Waals surface area contributed by atoms with Crippen molar-refractivity contribution in [3.63, 3.8) is 0 Å². The molecule has 110 valence electrons. The summed E-state index contributed by atoms with van der Waals surface area (Å²) in [6.45, 7) is 2.22. The summed E-state index contributed by atoms with van der Waals surface area (Å²) in [6, 6.07) is 8.11. The van der Waals surface area contributed by atoms with E-state index in [2.05, 4.69) is 20.9 Å². The third kappa shape index (κ3) is 2.77. The Morgan fingerprint density at radius 2 is 1.95 bits per heavy atom. The predicted molar refractivity (Wildman–Crippen MR) is 86.5 cm³/mol. The zero-order valence-electron chi connectivity index (χ0n) is 12.0. The van der Waals surface area contributed by atoms with E-state index in [1.54, 1.807) is 0 Å². The second-order valence-corrected chi connectivity index (χ2v) is 6.18. The van der Waals surface area contributed by atoms with Crippen LogP contribution in [0, 0.1) is 0 Å². The Morgan fingerprint density at radius 1 is 1.24 bits per heavy atom. The number of aromatic nitrogens is 1. The molecule has 3 rings (SSSR count). The summed E-state index contributed by atoms with van der Waals surface area (Å²) >= 11 is 3.46. The highest BCUT2D eigenvalue weighted by Gasteiger charge is 2.25. The van der Waals surface area contributed by atoms with Crippen molar-refractivity contribution in [2.45, 2.75) is 32.6 Å². The molecule has 1 heterocycles. The molecular weight excluding hydrogens is 330 g/mol. The van der Waals surface area contributed by atoms with Gasteiger partial charge in [-0.2, -0.15) is 0 Å². The van der Waals surface area contributed by atoms with Crippen molar-refractivity contribution in [1.82, 2.24) is 4.98 Å². The van der Waals surface area contributed by atoms with Crippen molar-refractivity contribution < 1.29 is 9.53 Å². The number of carbonyl (C=O) groups is 1. The fourth-order valence-corrected chi connectivity index (χ4v) is 3.24. The smallest absolute Gasteiger partial charge is 0.355 e. The van der Waals surface area contributed by atoms with E-state index in [4.69, 9.17) is 4.74 Å². The maximum absolute atomic E-state index is 12.3. The minimum atomic E-state index is -0.259. The van der Waals surface area contributed by atoms with Crippen LogP contribution in [0.4, 0.5) is 0 Å². The Morgan fingerprint density at radius 3 is 2.67 bits per heavy atom. The Hall–Kier alpha value is -1.55. The molecular formula is C17H18BrNO2. The Balaban J connectivity index is 2.13. The van der Waals surface area contributed by atoms with Crippen molar-refractivity contribution in [3.05, 3.63) is 45.7 Å². The molecule has 0 amide bonds. The van der Waals surface area contributed by atoms with Gasteiger partial charge in [0.15, 0.2) is 0 Å². The lowest BCUT2D eigenvalue weighted by Gasteiger charge is -2.13. The summed E-state index contributed by atoms with van der Waals surface area (Å²) < 4.78 is 6.25. The molecule has 0 fully saturated rings. The number of esters is 1. The molecule has 1 aromatic carbocycles. The molecule has 0 bridgehead atoms. The number of nitrogens with one attached hydrogen (secondary N) is 1. The fraction of sp³-hybridized carbons (Fsp3) is 0.353. The molecule has 3 nitrogen and oxygen atoms in total. The van der Waals surface area contributed by atoms with Crippen LogP contribution in [0.2, 0.25) is 0 Å². The topological polar surface area (TPSA) is 42.1 Å². The first kappa shape index (κ1) is 14.4. The lowest BCUT2D eigenvalue weighted by Crippen LogP contribution is -2.06. The van der Waals surface area contributed by atoms with Crippen LogP contribution in [0.1, 0.15) is 41.5 Å². The summed E-state index contributed by atoms with van der Waals surface area (Å²) in [5, 5.41) is 0. The Kier molecular flexibility index (Phi) is 4.15. The van der Waals surface area contributed by atoms with Gasteiger partial charge >= 0.3 is 5.97 Å². The minimum Gasteiger partial charge on any atom is -0.461 e. The van der Waals surface area contributed by atoms with E-state index in [9.17, 15) is 4.79 Å². The number of aryl methyl sites for hydroxylation is 1. The van der Waals surface area contributed by atoms with Crippen LogP contribution in [0.15, 0.2) is 28.7 Å². The van der Waals surface area contributed by atoms with Crippen molar-refractivity contribution in [3.8, 4) is 11.1 Å². The van der Waals surface area contributed by atoms with E-state index in [0.717, 1.165) is 28.4 Å². The Labute approximate surface area is 132 Å². The van der Waals surface area contributed by atoms with Gasteiger partial charge in [-0.15, -0.1) is 0 Å². The first-order valence-corrected chi connectivity index (χ1v) is 8.16. The third-order valence-electron chi connectivity index (χ3n) is 3.91. The van der Waals surface area contributed by atoms with Crippen LogP contribution in [0.25, 0.3) is 11.1 Å². The molecule has 0 saturated carbocycles. The number of halogens is 1. The Bertz CT molecular complexity index is 658. The second-order valence-electron chi connectivity index (χ2n) is 5.27. The quantitative estimate of drug-likeness (QED) is 0.830. The van der Waals surface area contributed by atoms with E-state index in [-0.39, 0.29) is 5.97 Å². The number of ether oxygens (including phenoxy) is 1. The van der Waals surface area contributed by atoms with Gasteiger partial charge in [0, 0.05) is 15.7 Å². The number of fused-ring (bicyclic) bond motifs is 1. The lowest BCUT2D eigenvalue weighted by molar-refractivity contribution is 0.0521. The second kappa shape index (κ2) is 6.06. The summed E-state index contributed by atoms with van der Waals surface area (Å²) in [5.74, 6) is -0.259. The number of H-pyrrole nitrogens is 1. The summed E-state index contributed by atoms with van der Waals surface area (Å²) in [7, 11) is 0. The van der Waals surface area contributed by atoms with Crippen molar-refractivity contribution in [2.75, 3.05) is 6.61 Å². The first-order chi connectivity index (χ1) is 10.2. The molecule has 0 saturated heterocycles. The summed E-state index contributed by atoms with van der Waals surface area (Å²) in [4.78, 5) is 15.6. The van der Waals surface area contributed by atoms with Gasteiger partial charge in [-0.1, -0.05) is 28.1 Å². The molecule has 0 atom stereocenters. The number of carbonyl (C=O) groups excluding carboxylic acids is 1. The van der Waals surface area contributed by atoms with Crippen molar-refractivity contribution in [1.29, 1.82) is 0 Å². The number of hydrogen-bond donors (Lipinski definition) is 1. The maximum Gasteiger partial charge on any atom is 0.355 e. The van der Waals surface area contributed by atoms with E-state index in [1.807, 2.05) is 31.2 Å². The average molecular weight is 348 g/mol. The molecule has 1 aliphatic rings. The van der Waals surface area contributed by atoms with Crippen LogP contribution >= 0.6 is 15.9 Å². The van der Waals surface area contributed by atoms with Crippen LogP contribution in [0.3, 0.4) is 0 Å². The van der Waals surface area contributed by atoms with E-state index >= 15 is 0 Å². The molecule has 1 aromatic heterocycles. The molecule has 0 aliphatic heterocycles. The van der Waals surface area contributed by atoms with Crippen LogP contribution in [-0.4, -0.2) is 17.6 Å². The van der Waals surface area contributed by atoms with Gasteiger partial charge in [-0.25, -0.2) is 4.79 Å². The zero-order chi connectivity index (χ0) is 14.8. The lowest BCUT2D eigenvalue weighted by atomic mass is 9.91. The van der Waals surface area contributed by atoms with E-state index < -0.39 is 0 Å². The largest absolute Gasteiger partial charge is 0.461 e. The molecule has 0 unspecified atom stereocenters. The van der Waals surface area contributed by atoms with Gasteiger partial charge < -0.3 is 9.72 Å². The number of benzene rings is 1. The molecule has 1 aliphatic carbocycles. The van der Waals surface area contributed by atoms with Gasteiger partial charge in [-0.3, -0.25) is 0 Å². The van der Waals surface area contributed by atoms with Gasteiger partial charge in [0.05, 0.1) is 6.61 Å². The standard InChI is InChI=1S/C17H18BrNO2/c1-2-21-17(20)16-15(11-7-9-12(18)10-8-11)13-5-3-4-6-14(13)19-16/h7-10,19H,2-6H2,1H3. The predicted octanol–water partition coefficient (Wildman–Crippen LogP) is 4.50. The highest BCUT2D eigenvalue weighted by atomic mass is 79.9. The zero-order valence-corrected chi connectivity index (χ0v) is 13.6. The molecule has 2 aromatic rings. The number of aromatic amines is 1. The maximum atomic E-state index is 12.3. The van der Waals surface area contributed by atoms with Gasteiger partial charge in [-0.05, 0) is 55.9 Å². The first-order valence-electron chi connectivity index (χ1n) is 7.37. The minimum absolute atomic E-state index is 0.259. The number of rotatable bonds is 3. The summed E-state index contributed by atoms with van der Waals surface area (Å²) in [5.41, 5.74) is 5.18. The molecule has 0 spiro atoms. The van der Waals surface area contributed by atoms with Crippen LogP contribution in [-0.2, 0) is 17.6 Å². The third-order valence-corrected chi connectivity index (χ3v) is 4.44. The molecule has 4 heteroatoms. The van der Waals surface area contributed by atoms with Gasteiger partial charge in [0.2, 0.25) is 0 Å². The highest BCUT2D eigenvalue weighted by Crippen LogP contribution is 2.35. The summed E-state index contributed by atoms with van der Waals surface area (Å²) in [6.07, 6.45) is 4.39. The normalized spacial score (nSPS) is 13.8. The highest BCUT2D eigenvalue weighted by molar-refractivity contribution is 9.10. The average Bonchev–Trinajstić information content (AvgIpc) is 2.88. The van der Waals surface area contributed by atoms with Crippen LogP contribution in [0.5, 0.6) is 0 Å². The van der Waals surface area contributed by atoms with Gasteiger partial charge in [0.25, 0.3) is 0 Å². The molecule has 21 heavy (non-hydrogen) atoms. The van der Waals surface area contributed by atoms with E-state index in [0.29, 0.717) is 12.3 Å². The van der Waals surface area contributed by atoms with E-state index in [1.165, 1.54) is 24.1 Å². The monoisotopic (exact) mass is 347 g/mol. The fourth-order valence-electron chi connectivity index (χ4n) is 2.97. The molecule has 1 N–H and O–H groups in total. The van der Waals surface area contributed by atoms with Crippen molar-refractivity contribution >= 4 is 21.9 Å². The molecule has 0 radical (unpaired) electrons. The van der Waals surface area contributed by atoms with Crippen LogP contribution < -0.4 is 0 Å².